The molecular formula is C20H16F4N4O3. The van der Waals surface area contributed by atoms with Gasteiger partial charge in [-0.2, -0.15) is 5.10 Å². The van der Waals surface area contributed by atoms with E-state index in [1.165, 1.54) is 27.9 Å². The second-order valence-corrected chi connectivity index (χ2v) is 6.98. The Bertz CT molecular complexity index is 1150. The molecule has 0 radical (unpaired) electrons. The molecule has 11 heteroatoms. The van der Waals surface area contributed by atoms with Crippen LogP contribution in [0.2, 0.25) is 0 Å². The van der Waals surface area contributed by atoms with Crippen molar-refractivity contribution in [3.8, 4) is 11.4 Å². The molecule has 0 saturated carbocycles. The van der Waals surface area contributed by atoms with Crippen molar-refractivity contribution in [2.75, 3.05) is 13.1 Å². The average molecular weight is 436 g/mol. The fourth-order valence-electron chi connectivity index (χ4n) is 3.51. The van der Waals surface area contributed by atoms with Gasteiger partial charge in [-0.3, -0.25) is 4.79 Å². The molecular weight excluding hydrogens is 420 g/mol. The lowest BCUT2D eigenvalue weighted by Gasteiger charge is -2.38. The molecule has 1 aliphatic heterocycles. The van der Waals surface area contributed by atoms with Gasteiger partial charge in [0.2, 0.25) is 0 Å². The molecule has 31 heavy (non-hydrogen) atoms. The van der Waals surface area contributed by atoms with Crippen molar-refractivity contribution in [1.82, 2.24) is 19.7 Å². The summed E-state index contributed by atoms with van der Waals surface area (Å²) in [5, 5.41) is 14.9. The summed E-state index contributed by atoms with van der Waals surface area (Å²) in [5.74, 6) is -2.45. The molecule has 0 spiro atoms. The number of ether oxygens (including phenoxy) is 1. The monoisotopic (exact) mass is 436 g/mol. The standard InChI is InChI=1S/C20H16F4N4O3/c1-11(21)19(30)27-8-13(9-27)17-16-12(10-29)6-7-25-18(16)28(26-17)14-2-4-15(5-3-14)31-20(22,23)24/h2-7,13,29H,1,8-10H2. The Morgan fingerprint density at radius 1 is 1.23 bits per heavy atom. The maximum atomic E-state index is 13.1. The number of hydrogen-bond donors (Lipinski definition) is 1. The number of halogens is 4. The van der Waals surface area contributed by atoms with E-state index < -0.39 is 18.1 Å². The van der Waals surface area contributed by atoms with Crippen molar-refractivity contribution < 1.29 is 32.2 Å². The zero-order chi connectivity index (χ0) is 22.3. The predicted molar refractivity (Wildman–Crippen MR) is 101 cm³/mol. The summed E-state index contributed by atoms with van der Waals surface area (Å²) in [6, 6.07) is 6.73. The number of carbonyl (C=O) groups is 1. The van der Waals surface area contributed by atoms with Crippen LogP contribution in [-0.4, -0.2) is 50.1 Å². The van der Waals surface area contributed by atoms with E-state index in [1.807, 2.05) is 0 Å². The zero-order valence-electron chi connectivity index (χ0n) is 15.9. The molecule has 1 fully saturated rings. The number of carbonyl (C=O) groups excluding carboxylic acids is 1. The Morgan fingerprint density at radius 3 is 2.48 bits per heavy atom. The molecule has 0 aliphatic carbocycles. The first-order chi connectivity index (χ1) is 14.7. The smallest absolute Gasteiger partial charge is 0.406 e. The zero-order valence-corrected chi connectivity index (χ0v) is 15.9. The molecule has 0 bridgehead atoms. The van der Waals surface area contributed by atoms with Crippen LogP contribution in [0.5, 0.6) is 5.75 Å². The number of alkyl halides is 3. The first-order valence-electron chi connectivity index (χ1n) is 9.15. The summed E-state index contributed by atoms with van der Waals surface area (Å²) in [6.07, 6.45) is -3.32. The van der Waals surface area contributed by atoms with Crippen LogP contribution in [0.25, 0.3) is 16.7 Å². The third-order valence-electron chi connectivity index (χ3n) is 4.95. The van der Waals surface area contributed by atoms with Crippen LogP contribution in [0, 0.1) is 0 Å². The second kappa shape index (κ2) is 7.65. The van der Waals surface area contributed by atoms with E-state index in [0.29, 0.717) is 28.0 Å². The van der Waals surface area contributed by atoms with Crippen LogP contribution in [0.15, 0.2) is 48.9 Å². The van der Waals surface area contributed by atoms with Crippen LogP contribution in [0.4, 0.5) is 17.6 Å². The molecule has 1 saturated heterocycles. The van der Waals surface area contributed by atoms with Gasteiger partial charge < -0.3 is 14.7 Å². The van der Waals surface area contributed by atoms with Crippen LogP contribution in [-0.2, 0) is 11.4 Å². The van der Waals surface area contributed by atoms with Crippen molar-refractivity contribution in [3.63, 3.8) is 0 Å². The van der Waals surface area contributed by atoms with Crippen LogP contribution in [0.1, 0.15) is 17.2 Å². The number of amides is 1. The summed E-state index contributed by atoms with van der Waals surface area (Å²) >= 11 is 0. The molecule has 1 aromatic carbocycles. The lowest BCUT2D eigenvalue weighted by Crippen LogP contribution is -2.48. The van der Waals surface area contributed by atoms with Gasteiger partial charge in [-0.1, -0.05) is 6.58 Å². The first-order valence-corrected chi connectivity index (χ1v) is 9.15. The molecule has 1 N–H and O–H groups in total. The van der Waals surface area contributed by atoms with E-state index in [4.69, 9.17) is 0 Å². The topological polar surface area (TPSA) is 80.5 Å². The molecule has 3 aromatic rings. The Hall–Kier alpha value is -3.47. The summed E-state index contributed by atoms with van der Waals surface area (Å²) in [7, 11) is 0. The third-order valence-corrected chi connectivity index (χ3v) is 4.95. The molecule has 0 unspecified atom stereocenters. The number of fused-ring (bicyclic) bond motifs is 1. The van der Waals surface area contributed by atoms with Gasteiger partial charge in [0.05, 0.1) is 18.0 Å². The minimum atomic E-state index is -4.80. The van der Waals surface area contributed by atoms with Gasteiger partial charge in [0.15, 0.2) is 11.5 Å². The number of benzene rings is 1. The van der Waals surface area contributed by atoms with Gasteiger partial charge in [-0.05, 0) is 35.9 Å². The molecule has 4 rings (SSSR count). The Kier molecular flexibility index (Phi) is 5.13. The summed E-state index contributed by atoms with van der Waals surface area (Å²) in [6.45, 7) is 3.15. The molecule has 162 valence electrons. The first kappa shape index (κ1) is 20.8. The second-order valence-electron chi connectivity index (χ2n) is 6.98. The van der Waals surface area contributed by atoms with E-state index >= 15 is 0 Å². The number of aromatic nitrogens is 3. The van der Waals surface area contributed by atoms with Crippen LogP contribution < -0.4 is 4.74 Å². The van der Waals surface area contributed by atoms with Crippen molar-refractivity contribution >= 4 is 16.9 Å². The Balaban J connectivity index is 1.71. The molecule has 2 aromatic heterocycles. The fourth-order valence-corrected chi connectivity index (χ4v) is 3.51. The maximum Gasteiger partial charge on any atom is 0.573 e. The summed E-state index contributed by atoms with van der Waals surface area (Å²) in [5.41, 5.74) is 1.93. The molecule has 3 heterocycles. The summed E-state index contributed by atoms with van der Waals surface area (Å²) in [4.78, 5) is 17.3. The van der Waals surface area contributed by atoms with E-state index in [1.54, 1.807) is 6.07 Å². The van der Waals surface area contributed by atoms with Gasteiger partial charge in [0.1, 0.15) is 5.75 Å². The SMILES string of the molecule is C=C(F)C(=O)N1CC(c2nn(-c3ccc(OC(F)(F)F)cc3)c3nccc(CO)c23)C1. The highest BCUT2D eigenvalue weighted by atomic mass is 19.4. The normalized spacial score (nSPS) is 14.5. The highest BCUT2D eigenvalue weighted by molar-refractivity contribution is 5.92. The maximum absolute atomic E-state index is 13.1. The van der Waals surface area contributed by atoms with Crippen LogP contribution in [0.3, 0.4) is 0 Å². The van der Waals surface area contributed by atoms with Crippen molar-refractivity contribution in [3.05, 3.63) is 60.2 Å². The summed E-state index contributed by atoms with van der Waals surface area (Å²) < 4.78 is 55.6. The number of aliphatic hydroxyl groups excluding tert-OH is 1. The number of pyridine rings is 1. The number of nitrogens with zero attached hydrogens (tertiary/aromatic N) is 4. The van der Waals surface area contributed by atoms with Gasteiger partial charge in [-0.25, -0.2) is 14.1 Å². The lowest BCUT2D eigenvalue weighted by molar-refractivity contribution is -0.274. The third kappa shape index (κ3) is 3.96. The molecule has 0 atom stereocenters. The number of rotatable bonds is 5. The predicted octanol–water partition coefficient (Wildman–Crippen LogP) is 3.22. The molecule has 7 nitrogen and oxygen atoms in total. The van der Waals surface area contributed by atoms with Crippen molar-refractivity contribution in [1.29, 1.82) is 0 Å². The van der Waals surface area contributed by atoms with Crippen LogP contribution >= 0.6 is 0 Å². The highest BCUT2D eigenvalue weighted by Gasteiger charge is 2.36. The van der Waals surface area contributed by atoms with E-state index in [0.717, 1.165) is 12.1 Å². The highest BCUT2D eigenvalue weighted by Crippen LogP contribution is 2.35. The lowest BCUT2D eigenvalue weighted by atomic mass is 9.93. The Morgan fingerprint density at radius 2 is 1.90 bits per heavy atom. The number of likely N-dealkylation sites (tertiary alicyclic amines) is 1. The van der Waals surface area contributed by atoms with E-state index in [9.17, 15) is 27.5 Å². The minimum absolute atomic E-state index is 0.214. The van der Waals surface area contributed by atoms with Gasteiger partial charge in [-0.15, -0.1) is 13.2 Å². The average Bonchev–Trinajstić information content (AvgIpc) is 3.05. The minimum Gasteiger partial charge on any atom is -0.406 e. The fraction of sp³-hybridized carbons (Fsp3) is 0.250. The van der Waals surface area contributed by atoms with Gasteiger partial charge in [0, 0.05) is 30.6 Å². The number of aliphatic hydroxyl groups is 1. The van der Waals surface area contributed by atoms with Crippen molar-refractivity contribution in [2.24, 2.45) is 0 Å². The molecule has 1 aliphatic rings. The van der Waals surface area contributed by atoms with Crippen molar-refractivity contribution in [2.45, 2.75) is 18.9 Å². The Labute approximate surface area is 173 Å². The van der Waals surface area contributed by atoms with Gasteiger partial charge >= 0.3 is 6.36 Å². The quantitative estimate of drug-likeness (QED) is 0.491. The molecule has 1 amide bonds. The largest absolute Gasteiger partial charge is 0.573 e. The van der Waals surface area contributed by atoms with E-state index in [-0.39, 0.29) is 31.4 Å². The van der Waals surface area contributed by atoms with Gasteiger partial charge in [0.25, 0.3) is 5.91 Å². The number of hydrogen-bond acceptors (Lipinski definition) is 5. The van der Waals surface area contributed by atoms with E-state index in [2.05, 4.69) is 21.4 Å².